The summed E-state index contributed by atoms with van der Waals surface area (Å²) >= 11 is 3.35. The van der Waals surface area contributed by atoms with Gasteiger partial charge in [0.25, 0.3) is 5.91 Å². The summed E-state index contributed by atoms with van der Waals surface area (Å²) < 4.78 is 2.29. The first-order chi connectivity index (χ1) is 19.9. The van der Waals surface area contributed by atoms with Crippen LogP contribution in [0.25, 0.3) is 15.5 Å². The molecule has 2 aromatic carbocycles. The van der Waals surface area contributed by atoms with Crippen molar-refractivity contribution in [2.75, 3.05) is 16.5 Å². The quantitative estimate of drug-likeness (QED) is 0.246. The molecule has 1 atom stereocenters. The molecule has 4 heterocycles. The number of para-hydroxylation sites is 1. The molecule has 6 nitrogen and oxygen atoms in total. The number of rotatable bonds is 5. The van der Waals surface area contributed by atoms with Crippen LogP contribution in [0.3, 0.4) is 0 Å². The number of carbonyl (C=O) groups excluding carboxylic acids is 1. The summed E-state index contributed by atoms with van der Waals surface area (Å²) in [4.78, 5) is 29.7. The largest absolute Gasteiger partial charge is 0.476 e. The van der Waals surface area contributed by atoms with Gasteiger partial charge >= 0.3 is 5.97 Å². The Labute approximate surface area is 245 Å². The van der Waals surface area contributed by atoms with Crippen molar-refractivity contribution in [2.45, 2.75) is 32.1 Å². The molecule has 1 N–H and O–H groups in total. The Morgan fingerprint density at radius 1 is 1.02 bits per heavy atom. The van der Waals surface area contributed by atoms with Gasteiger partial charge in [-0.15, -0.1) is 22.7 Å². The topological polar surface area (TPSA) is 73.2 Å². The average Bonchev–Trinajstić information content (AvgIpc) is 3.65. The van der Waals surface area contributed by atoms with Crippen molar-refractivity contribution >= 4 is 67.1 Å². The third-order valence-corrected chi connectivity index (χ3v) is 10.1. The van der Waals surface area contributed by atoms with Crippen molar-refractivity contribution in [2.24, 2.45) is 5.10 Å². The molecule has 0 radical (unpaired) electrons. The second-order valence-corrected chi connectivity index (χ2v) is 12.7. The summed E-state index contributed by atoms with van der Waals surface area (Å²) in [6.45, 7) is 3.17. The molecular formula is C33H27N3O3S2. The molecule has 3 aliphatic rings. The van der Waals surface area contributed by atoms with Crippen molar-refractivity contribution in [3.8, 4) is 0 Å². The number of carbonyl (C=O) groups is 2. The molecule has 0 bridgehead atoms. The third kappa shape index (κ3) is 4.73. The molecule has 1 saturated heterocycles. The van der Waals surface area contributed by atoms with Gasteiger partial charge in [0.1, 0.15) is 0 Å². The smallest absolute Gasteiger partial charge is 0.357 e. The highest BCUT2D eigenvalue weighted by atomic mass is 32.1. The van der Waals surface area contributed by atoms with E-state index in [4.69, 9.17) is 0 Å². The molecule has 1 aliphatic carbocycles. The predicted molar refractivity (Wildman–Crippen MR) is 168 cm³/mol. The highest BCUT2D eigenvalue weighted by Gasteiger charge is 2.35. The van der Waals surface area contributed by atoms with Crippen LogP contribution in [0.5, 0.6) is 0 Å². The van der Waals surface area contributed by atoms with Gasteiger partial charge in [0.05, 0.1) is 11.3 Å². The molecular weight excluding hydrogens is 551 g/mol. The summed E-state index contributed by atoms with van der Waals surface area (Å²) in [5, 5.41) is 15.0. The Morgan fingerprint density at radius 2 is 1.80 bits per heavy atom. The Kier molecular flexibility index (Phi) is 6.44. The number of piperidine rings is 1. The van der Waals surface area contributed by atoms with Crippen molar-refractivity contribution in [1.29, 1.82) is 0 Å². The fourth-order valence-corrected chi connectivity index (χ4v) is 8.16. The Balaban J connectivity index is 1.13. The molecule has 7 rings (SSSR count). The maximum Gasteiger partial charge on any atom is 0.357 e. The van der Waals surface area contributed by atoms with E-state index < -0.39 is 11.9 Å². The lowest BCUT2D eigenvalue weighted by Crippen LogP contribution is -2.30. The van der Waals surface area contributed by atoms with Crippen molar-refractivity contribution in [3.63, 3.8) is 0 Å². The summed E-state index contributed by atoms with van der Waals surface area (Å²) in [7, 11) is 0. The number of fused-ring (bicyclic) bond motifs is 2. The standard InChI is InChI=1S/C33H27N3O3S2/c1-20-9-12-23(13-10-20)35-15-5-6-21-16-22(11-14-27(21)35)28-19-30-29(41-28)18-25(40-30)17-26-31(33(38)39)34-36(32(26)37)24-7-3-2-4-8-24/h2-4,7-10,12-14,16-19,22H,5-6,11,15H2,1H3,(H,38,39)/b26-17-. The molecule has 1 unspecified atom stereocenters. The molecule has 1 fully saturated rings. The molecule has 41 heavy (non-hydrogen) atoms. The van der Waals surface area contributed by atoms with Crippen LogP contribution in [0.15, 0.2) is 101 Å². The second kappa shape index (κ2) is 10.3. The number of aryl methyl sites for hydroxylation is 1. The van der Waals surface area contributed by atoms with E-state index in [-0.39, 0.29) is 11.3 Å². The number of amides is 1. The maximum absolute atomic E-state index is 13.2. The molecule has 0 saturated carbocycles. The zero-order chi connectivity index (χ0) is 28.1. The number of aliphatic carboxylic acids is 1. The van der Waals surface area contributed by atoms with Crippen LogP contribution in [0.1, 0.15) is 40.5 Å². The van der Waals surface area contributed by atoms with E-state index in [0.717, 1.165) is 45.1 Å². The van der Waals surface area contributed by atoms with Crippen LogP contribution >= 0.6 is 22.7 Å². The van der Waals surface area contributed by atoms with Crippen LogP contribution in [0, 0.1) is 6.92 Å². The minimum absolute atomic E-state index is 0.0978. The zero-order valence-electron chi connectivity index (χ0n) is 22.4. The lowest BCUT2D eigenvalue weighted by atomic mass is 9.87. The summed E-state index contributed by atoms with van der Waals surface area (Å²) in [6.07, 6.45) is 9.73. The van der Waals surface area contributed by atoms with Gasteiger partial charge in [0, 0.05) is 43.0 Å². The van der Waals surface area contributed by atoms with E-state index in [9.17, 15) is 14.7 Å². The highest BCUT2D eigenvalue weighted by Crippen LogP contribution is 2.43. The minimum atomic E-state index is -1.22. The monoisotopic (exact) mass is 577 g/mol. The fourth-order valence-electron chi connectivity index (χ4n) is 5.72. The van der Waals surface area contributed by atoms with E-state index in [0.29, 0.717) is 11.6 Å². The highest BCUT2D eigenvalue weighted by molar-refractivity contribution is 7.28. The number of carboxylic acids is 1. The number of anilines is 2. The molecule has 0 spiro atoms. The van der Waals surface area contributed by atoms with Gasteiger partial charge in [-0.25, -0.2) is 4.79 Å². The van der Waals surface area contributed by atoms with E-state index >= 15 is 0 Å². The number of thiophene rings is 2. The van der Waals surface area contributed by atoms with Gasteiger partial charge in [-0.1, -0.05) is 48.0 Å². The van der Waals surface area contributed by atoms with E-state index in [1.807, 2.05) is 6.07 Å². The molecule has 4 aromatic rings. The zero-order valence-corrected chi connectivity index (χ0v) is 24.0. The number of hydrazone groups is 1. The normalized spacial score (nSPS) is 19.8. The Bertz CT molecular complexity index is 1780. The molecule has 2 aromatic heterocycles. The SMILES string of the molecule is Cc1ccc(N2CCCC3=CC(c4cc5sc(/C=C6\C(=O)N(c7ccccc7)N=C6C(=O)O)cc5s4)CC=C32)cc1. The molecule has 8 heteroatoms. The number of benzene rings is 2. The average molecular weight is 578 g/mol. The van der Waals surface area contributed by atoms with Crippen LogP contribution in [-0.4, -0.2) is 29.2 Å². The molecule has 1 amide bonds. The summed E-state index contributed by atoms with van der Waals surface area (Å²) in [6, 6.07) is 22.0. The van der Waals surface area contributed by atoms with Gasteiger partial charge < -0.3 is 10.0 Å². The fraction of sp³-hybridized carbons (Fsp3) is 0.182. The maximum atomic E-state index is 13.2. The van der Waals surface area contributed by atoms with Gasteiger partial charge in [-0.3, -0.25) is 4.79 Å². The van der Waals surface area contributed by atoms with Crippen LogP contribution in [0.2, 0.25) is 0 Å². The number of hydrogen-bond donors (Lipinski definition) is 1. The van der Waals surface area contributed by atoms with Gasteiger partial charge in [-0.05, 0) is 74.2 Å². The lowest BCUT2D eigenvalue weighted by Gasteiger charge is -2.36. The van der Waals surface area contributed by atoms with Gasteiger partial charge in [-0.2, -0.15) is 10.1 Å². The summed E-state index contributed by atoms with van der Waals surface area (Å²) in [5.41, 5.74) is 5.71. The Hall–Kier alpha value is -4.27. The first kappa shape index (κ1) is 25.7. The first-order valence-electron chi connectivity index (χ1n) is 13.7. The van der Waals surface area contributed by atoms with E-state index in [1.165, 1.54) is 27.4 Å². The van der Waals surface area contributed by atoms with Crippen molar-refractivity contribution < 1.29 is 14.7 Å². The van der Waals surface area contributed by atoms with Crippen LogP contribution in [0.4, 0.5) is 11.4 Å². The van der Waals surface area contributed by atoms with Gasteiger partial charge in [0.15, 0.2) is 5.71 Å². The van der Waals surface area contributed by atoms with E-state index in [2.05, 4.69) is 65.5 Å². The third-order valence-electron chi connectivity index (χ3n) is 7.74. The Morgan fingerprint density at radius 3 is 2.56 bits per heavy atom. The second-order valence-electron chi connectivity index (χ2n) is 10.5. The number of hydrogen-bond acceptors (Lipinski definition) is 6. The first-order valence-corrected chi connectivity index (χ1v) is 15.3. The number of carboxylic acid groups (broad SMARTS) is 1. The molecule has 204 valence electrons. The van der Waals surface area contributed by atoms with Crippen molar-refractivity contribution in [1.82, 2.24) is 0 Å². The van der Waals surface area contributed by atoms with Crippen LogP contribution < -0.4 is 9.91 Å². The molecule has 2 aliphatic heterocycles. The number of allylic oxidation sites excluding steroid dienone is 3. The lowest BCUT2D eigenvalue weighted by molar-refractivity contribution is -0.129. The van der Waals surface area contributed by atoms with E-state index in [1.54, 1.807) is 53.0 Å². The number of nitrogens with zero attached hydrogens (tertiary/aromatic N) is 3. The minimum Gasteiger partial charge on any atom is -0.476 e. The van der Waals surface area contributed by atoms with Crippen LogP contribution in [-0.2, 0) is 9.59 Å². The predicted octanol–water partition coefficient (Wildman–Crippen LogP) is 7.74. The van der Waals surface area contributed by atoms with Gasteiger partial charge in [0.2, 0.25) is 0 Å². The summed E-state index contributed by atoms with van der Waals surface area (Å²) in [5.74, 6) is -1.31. The van der Waals surface area contributed by atoms with Crippen molar-refractivity contribution in [3.05, 3.63) is 111 Å².